The second-order valence-corrected chi connectivity index (χ2v) is 7.00. The van der Waals surface area contributed by atoms with Gasteiger partial charge >= 0.3 is 5.97 Å². The molecule has 0 spiro atoms. The molecule has 0 aliphatic carbocycles. The summed E-state index contributed by atoms with van der Waals surface area (Å²) in [5.41, 5.74) is 2.57. The van der Waals surface area contributed by atoms with E-state index in [0.29, 0.717) is 5.41 Å². The van der Waals surface area contributed by atoms with E-state index in [-0.39, 0.29) is 0 Å². The van der Waals surface area contributed by atoms with Gasteiger partial charge in [0.05, 0.1) is 0 Å². The summed E-state index contributed by atoms with van der Waals surface area (Å²) in [4.78, 5) is 13.1. The Balaban J connectivity index is 1.98. The summed E-state index contributed by atoms with van der Waals surface area (Å²) in [6.07, 6.45) is 4.10. The minimum absolute atomic E-state index is 0.376. The first-order chi connectivity index (χ1) is 9.84. The van der Waals surface area contributed by atoms with Crippen LogP contribution < -0.4 is 0 Å². The van der Waals surface area contributed by atoms with Crippen LogP contribution >= 0.6 is 0 Å². The van der Waals surface area contributed by atoms with Crippen LogP contribution in [0.2, 0.25) is 0 Å². The number of carboxylic acid groups (broad SMARTS) is 1. The minimum atomic E-state index is -0.909. The highest BCUT2D eigenvalue weighted by Crippen LogP contribution is 2.34. The molecule has 1 aliphatic rings. The van der Waals surface area contributed by atoms with Gasteiger partial charge in [0.15, 0.2) is 0 Å². The van der Waals surface area contributed by atoms with Crippen molar-refractivity contribution in [2.45, 2.75) is 33.7 Å². The van der Waals surface area contributed by atoms with Crippen molar-refractivity contribution in [2.24, 2.45) is 11.3 Å². The molecule has 114 valence electrons. The lowest BCUT2D eigenvalue weighted by Crippen LogP contribution is -2.25. The van der Waals surface area contributed by atoms with E-state index in [2.05, 4.69) is 37.8 Å². The molecule has 0 bridgehead atoms. The molecule has 1 saturated heterocycles. The van der Waals surface area contributed by atoms with E-state index >= 15 is 0 Å². The topological polar surface area (TPSA) is 40.5 Å². The van der Waals surface area contributed by atoms with Crippen LogP contribution in [0.1, 0.15) is 38.3 Å². The second-order valence-electron chi connectivity index (χ2n) is 7.00. The van der Waals surface area contributed by atoms with Crippen LogP contribution in [0.3, 0.4) is 0 Å². The van der Waals surface area contributed by atoms with Gasteiger partial charge in [-0.3, -0.25) is 4.90 Å². The molecule has 2 rings (SSSR count). The summed E-state index contributed by atoms with van der Waals surface area (Å²) < 4.78 is 0. The molecule has 0 aromatic heterocycles. The zero-order valence-electron chi connectivity index (χ0n) is 13.2. The first kappa shape index (κ1) is 15.8. The van der Waals surface area contributed by atoms with Gasteiger partial charge in [0.1, 0.15) is 0 Å². The molecule has 1 unspecified atom stereocenters. The molecule has 0 amide bonds. The predicted molar refractivity (Wildman–Crippen MR) is 86.0 cm³/mol. The number of carboxylic acids is 1. The average Bonchev–Trinajstić information content (AvgIpc) is 2.85. The van der Waals surface area contributed by atoms with E-state index in [1.54, 1.807) is 6.08 Å². The van der Waals surface area contributed by atoms with Gasteiger partial charge in [-0.15, -0.1) is 0 Å². The lowest BCUT2D eigenvalue weighted by Gasteiger charge is -2.27. The number of likely N-dealkylation sites (tertiary alicyclic amines) is 1. The fraction of sp³-hybridized carbons (Fsp3) is 0.500. The van der Waals surface area contributed by atoms with Crippen molar-refractivity contribution in [1.29, 1.82) is 0 Å². The van der Waals surface area contributed by atoms with Gasteiger partial charge in [0.25, 0.3) is 0 Å². The minimum Gasteiger partial charge on any atom is -0.478 e. The van der Waals surface area contributed by atoms with Gasteiger partial charge in [0, 0.05) is 19.2 Å². The smallest absolute Gasteiger partial charge is 0.328 e. The Bertz CT molecular complexity index is 528. The van der Waals surface area contributed by atoms with Crippen LogP contribution in [0, 0.1) is 11.3 Å². The maximum absolute atomic E-state index is 10.6. The summed E-state index contributed by atoms with van der Waals surface area (Å²) >= 11 is 0. The Labute approximate surface area is 127 Å². The van der Waals surface area contributed by atoms with Crippen LogP contribution in [0.25, 0.3) is 6.08 Å². The van der Waals surface area contributed by atoms with Crippen molar-refractivity contribution in [1.82, 2.24) is 4.90 Å². The summed E-state index contributed by atoms with van der Waals surface area (Å²) in [7, 11) is 0. The molecule has 1 fully saturated rings. The molecule has 1 aromatic rings. The van der Waals surface area contributed by atoms with Gasteiger partial charge in [-0.25, -0.2) is 4.79 Å². The third-order valence-corrected chi connectivity index (χ3v) is 4.27. The SMILES string of the molecule is CC(C)(C)C1CCN(Cc2cccc(/C=C/C(=O)O)c2)C1. The highest BCUT2D eigenvalue weighted by molar-refractivity contribution is 5.85. The third-order valence-electron chi connectivity index (χ3n) is 4.27. The highest BCUT2D eigenvalue weighted by Gasteiger charge is 2.31. The Kier molecular flexibility index (Phi) is 4.84. The van der Waals surface area contributed by atoms with Crippen LogP contribution in [0.15, 0.2) is 30.3 Å². The first-order valence-electron chi connectivity index (χ1n) is 7.57. The van der Waals surface area contributed by atoms with Crippen molar-refractivity contribution in [3.8, 4) is 0 Å². The average molecular weight is 287 g/mol. The van der Waals surface area contributed by atoms with E-state index in [4.69, 9.17) is 5.11 Å². The normalized spacial score (nSPS) is 20.2. The Morgan fingerprint density at radius 1 is 1.43 bits per heavy atom. The fourth-order valence-electron chi connectivity index (χ4n) is 2.90. The Hall–Kier alpha value is -1.61. The second kappa shape index (κ2) is 6.44. The van der Waals surface area contributed by atoms with Crippen molar-refractivity contribution in [2.75, 3.05) is 13.1 Å². The lowest BCUT2D eigenvalue weighted by atomic mass is 9.80. The van der Waals surface area contributed by atoms with E-state index in [9.17, 15) is 4.79 Å². The zero-order valence-corrected chi connectivity index (χ0v) is 13.2. The van der Waals surface area contributed by atoms with Crippen molar-refractivity contribution in [3.05, 3.63) is 41.5 Å². The van der Waals surface area contributed by atoms with Crippen molar-refractivity contribution >= 4 is 12.0 Å². The van der Waals surface area contributed by atoms with Gasteiger partial charge in [-0.2, -0.15) is 0 Å². The summed E-state index contributed by atoms with van der Waals surface area (Å²) in [5.74, 6) is -0.152. The third kappa shape index (κ3) is 4.71. The summed E-state index contributed by atoms with van der Waals surface area (Å²) in [5, 5.41) is 8.68. The molecular weight excluding hydrogens is 262 g/mol. The van der Waals surface area contributed by atoms with Crippen LogP contribution in [0.5, 0.6) is 0 Å². The summed E-state index contributed by atoms with van der Waals surface area (Å²) in [6, 6.07) is 8.12. The lowest BCUT2D eigenvalue weighted by molar-refractivity contribution is -0.131. The molecule has 1 heterocycles. The molecule has 1 aliphatic heterocycles. The van der Waals surface area contributed by atoms with E-state index in [0.717, 1.165) is 31.1 Å². The summed E-state index contributed by atoms with van der Waals surface area (Å²) in [6.45, 7) is 10.2. The van der Waals surface area contributed by atoms with E-state index < -0.39 is 5.97 Å². The Morgan fingerprint density at radius 3 is 2.81 bits per heavy atom. The van der Waals surface area contributed by atoms with Gasteiger partial charge in [-0.1, -0.05) is 45.0 Å². The van der Waals surface area contributed by atoms with Crippen molar-refractivity contribution < 1.29 is 9.90 Å². The molecule has 1 aromatic carbocycles. The predicted octanol–water partition coefficient (Wildman–Crippen LogP) is 3.65. The number of carbonyl (C=O) groups is 1. The van der Waals surface area contributed by atoms with E-state index in [1.165, 1.54) is 18.1 Å². The number of hydrogen-bond donors (Lipinski definition) is 1. The van der Waals surface area contributed by atoms with Gasteiger partial charge < -0.3 is 5.11 Å². The number of nitrogens with zero attached hydrogens (tertiary/aromatic N) is 1. The standard InChI is InChI=1S/C18H25NO2/c1-18(2,3)16-9-10-19(13-16)12-15-6-4-5-14(11-15)7-8-17(20)21/h4-8,11,16H,9-10,12-13H2,1-3H3,(H,20,21)/b8-7+. The molecule has 3 nitrogen and oxygen atoms in total. The molecular formula is C18H25NO2. The van der Waals surface area contributed by atoms with Crippen LogP contribution in [-0.2, 0) is 11.3 Å². The fourth-order valence-corrected chi connectivity index (χ4v) is 2.90. The van der Waals surface area contributed by atoms with Gasteiger partial charge in [-0.05, 0) is 41.5 Å². The molecule has 1 atom stereocenters. The Morgan fingerprint density at radius 2 is 2.19 bits per heavy atom. The molecule has 1 N–H and O–H groups in total. The quantitative estimate of drug-likeness (QED) is 0.859. The first-order valence-corrected chi connectivity index (χ1v) is 7.57. The van der Waals surface area contributed by atoms with Crippen molar-refractivity contribution in [3.63, 3.8) is 0 Å². The van der Waals surface area contributed by atoms with Gasteiger partial charge in [0.2, 0.25) is 0 Å². The van der Waals surface area contributed by atoms with Crippen LogP contribution in [0.4, 0.5) is 0 Å². The molecule has 0 saturated carbocycles. The van der Waals surface area contributed by atoms with Crippen LogP contribution in [-0.4, -0.2) is 29.1 Å². The molecule has 21 heavy (non-hydrogen) atoms. The maximum Gasteiger partial charge on any atom is 0.328 e. The maximum atomic E-state index is 10.6. The number of rotatable bonds is 4. The van der Waals surface area contributed by atoms with E-state index in [1.807, 2.05) is 12.1 Å². The monoisotopic (exact) mass is 287 g/mol. The largest absolute Gasteiger partial charge is 0.478 e. The molecule has 3 heteroatoms. The highest BCUT2D eigenvalue weighted by atomic mass is 16.4. The molecule has 0 radical (unpaired) electrons. The zero-order chi connectivity index (χ0) is 15.5. The number of hydrogen-bond acceptors (Lipinski definition) is 2. The number of benzene rings is 1. The number of aliphatic carboxylic acids is 1.